The second kappa shape index (κ2) is 6.17. The van der Waals surface area contributed by atoms with Gasteiger partial charge < -0.3 is 9.73 Å². The molecular weight excluding hydrogens is 267 g/mol. The summed E-state index contributed by atoms with van der Waals surface area (Å²) in [4.78, 5) is 4.17. The zero-order chi connectivity index (χ0) is 13.8. The van der Waals surface area contributed by atoms with Crippen LogP contribution >= 0.6 is 11.6 Å². The van der Waals surface area contributed by atoms with Crippen molar-refractivity contribution < 1.29 is 8.81 Å². The molecular formula is C14H16ClFN2O. The molecule has 0 amide bonds. The predicted molar refractivity (Wildman–Crippen MR) is 73.7 cm³/mol. The van der Waals surface area contributed by atoms with Crippen LogP contribution in [0.2, 0.25) is 5.02 Å². The second-order valence-corrected chi connectivity index (χ2v) is 4.96. The second-order valence-electron chi connectivity index (χ2n) is 4.58. The first-order chi connectivity index (χ1) is 9.08. The van der Waals surface area contributed by atoms with Crippen LogP contribution in [0.4, 0.5) is 4.39 Å². The number of oxazole rings is 1. The molecule has 0 atom stereocenters. The van der Waals surface area contributed by atoms with Gasteiger partial charge in [0.05, 0.1) is 11.2 Å². The van der Waals surface area contributed by atoms with Gasteiger partial charge in [0.1, 0.15) is 5.82 Å². The van der Waals surface area contributed by atoms with Gasteiger partial charge in [-0.25, -0.2) is 9.37 Å². The van der Waals surface area contributed by atoms with E-state index in [0.717, 1.165) is 6.54 Å². The molecule has 0 aliphatic heterocycles. The molecule has 1 N–H and O–H groups in total. The average Bonchev–Trinajstić information content (AvgIpc) is 2.81. The van der Waals surface area contributed by atoms with Gasteiger partial charge in [0, 0.05) is 24.6 Å². The molecule has 1 heterocycles. The highest BCUT2D eigenvalue weighted by molar-refractivity contribution is 6.33. The van der Waals surface area contributed by atoms with Crippen molar-refractivity contribution in [3.05, 3.63) is 41.1 Å². The van der Waals surface area contributed by atoms with E-state index in [2.05, 4.69) is 24.1 Å². The molecule has 0 radical (unpaired) electrons. The number of hydrogen-bond acceptors (Lipinski definition) is 3. The Bertz CT molecular complexity index is 554. The summed E-state index contributed by atoms with van der Waals surface area (Å²) >= 11 is 5.91. The summed E-state index contributed by atoms with van der Waals surface area (Å²) in [5, 5.41) is 3.34. The molecule has 0 saturated carbocycles. The summed E-state index contributed by atoms with van der Waals surface area (Å²) in [6.07, 6.45) is 2.26. The van der Waals surface area contributed by atoms with Gasteiger partial charge in [-0.05, 0) is 12.1 Å². The van der Waals surface area contributed by atoms with E-state index in [-0.39, 0.29) is 5.02 Å². The van der Waals surface area contributed by atoms with Crippen LogP contribution in [0.1, 0.15) is 19.7 Å². The summed E-state index contributed by atoms with van der Waals surface area (Å²) in [5.74, 6) is 0.645. The molecule has 2 rings (SSSR count). The predicted octanol–water partition coefficient (Wildman–Crippen LogP) is 3.67. The number of hydrogen-bond donors (Lipinski definition) is 1. The van der Waals surface area contributed by atoms with Crippen LogP contribution in [-0.4, -0.2) is 17.6 Å². The van der Waals surface area contributed by atoms with Crippen molar-refractivity contribution in [2.75, 3.05) is 6.54 Å². The molecule has 0 aliphatic rings. The van der Waals surface area contributed by atoms with Crippen molar-refractivity contribution in [2.45, 2.75) is 26.3 Å². The minimum absolute atomic E-state index is 0.0607. The molecule has 1 aromatic heterocycles. The summed E-state index contributed by atoms with van der Waals surface area (Å²) < 4.78 is 18.9. The molecule has 5 heteroatoms. The van der Waals surface area contributed by atoms with Gasteiger partial charge >= 0.3 is 0 Å². The largest absolute Gasteiger partial charge is 0.441 e. The maximum atomic E-state index is 13.4. The van der Waals surface area contributed by atoms with Crippen molar-refractivity contribution in [3.63, 3.8) is 0 Å². The Morgan fingerprint density at radius 3 is 2.95 bits per heavy atom. The minimum atomic E-state index is -0.460. The van der Waals surface area contributed by atoms with Crippen LogP contribution in [0.15, 0.2) is 28.8 Å². The molecule has 3 nitrogen and oxygen atoms in total. The SMILES string of the molecule is CC(C)NCCc1ncc(-c2cccc(F)c2Cl)o1. The smallest absolute Gasteiger partial charge is 0.196 e. The fourth-order valence-corrected chi connectivity index (χ4v) is 1.93. The van der Waals surface area contributed by atoms with Crippen molar-refractivity contribution in [1.82, 2.24) is 10.3 Å². The lowest BCUT2D eigenvalue weighted by atomic mass is 10.2. The fraction of sp³-hybridized carbons (Fsp3) is 0.357. The topological polar surface area (TPSA) is 38.1 Å². The normalized spacial score (nSPS) is 11.2. The van der Waals surface area contributed by atoms with E-state index in [4.69, 9.17) is 16.0 Å². The van der Waals surface area contributed by atoms with Crippen LogP contribution in [0.3, 0.4) is 0 Å². The van der Waals surface area contributed by atoms with Crippen LogP contribution in [0.25, 0.3) is 11.3 Å². The lowest BCUT2D eigenvalue weighted by molar-refractivity contribution is 0.484. The van der Waals surface area contributed by atoms with Gasteiger partial charge in [0.2, 0.25) is 0 Å². The summed E-state index contributed by atoms with van der Waals surface area (Å²) in [6, 6.07) is 5.05. The van der Waals surface area contributed by atoms with Gasteiger partial charge in [-0.15, -0.1) is 0 Å². The third-order valence-corrected chi connectivity index (χ3v) is 3.05. The van der Waals surface area contributed by atoms with Gasteiger partial charge in [-0.2, -0.15) is 0 Å². The van der Waals surface area contributed by atoms with E-state index < -0.39 is 5.82 Å². The lowest BCUT2D eigenvalue weighted by Gasteiger charge is -2.05. The number of aromatic nitrogens is 1. The highest BCUT2D eigenvalue weighted by Gasteiger charge is 2.12. The molecule has 0 spiro atoms. The number of nitrogens with one attached hydrogen (secondary N) is 1. The van der Waals surface area contributed by atoms with Crippen molar-refractivity contribution in [2.24, 2.45) is 0 Å². The highest BCUT2D eigenvalue weighted by Crippen LogP contribution is 2.30. The number of rotatable bonds is 5. The lowest BCUT2D eigenvalue weighted by Crippen LogP contribution is -2.24. The van der Waals surface area contributed by atoms with E-state index in [9.17, 15) is 4.39 Å². The first kappa shape index (κ1) is 14.0. The van der Waals surface area contributed by atoms with E-state index >= 15 is 0 Å². The Morgan fingerprint density at radius 2 is 2.21 bits per heavy atom. The number of nitrogens with zero attached hydrogens (tertiary/aromatic N) is 1. The summed E-state index contributed by atoms with van der Waals surface area (Å²) in [7, 11) is 0. The Hall–Kier alpha value is -1.39. The zero-order valence-corrected chi connectivity index (χ0v) is 11.7. The Morgan fingerprint density at radius 1 is 1.42 bits per heavy atom. The van der Waals surface area contributed by atoms with Crippen LogP contribution in [-0.2, 0) is 6.42 Å². The summed E-state index contributed by atoms with van der Waals surface area (Å²) in [6.45, 7) is 4.94. The van der Waals surface area contributed by atoms with Gasteiger partial charge in [0.15, 0.2) is 11.7 Å². The van der Waals surface area contributed by atoms with Crippen LogP contribution in [0, 0.1) is 5.82 Å². The molecule has 0 fully saturated rings. The van der Waals surface area contributed by atoms with E-state index in [1.165, 1.54) is 6.07 Å². The van der Waals surface area contributed by atoms with E-state index in [0.29, 0.717) is 29.7 Å². The Balaban J connectivity index is 2.10. The molecule has 0 bridgehead atoms. The standard InChI is InChI=1S/C14H16ClFN2O/c1-9(2)17-7-6-13-18-8-12(19-13)10-4-3-5-11(16)14(10)15/h3-5,8-9,17H,6-7H2,1-2H3. The number of benzene rings is 1. The van der Waals surface area contributed by atoms with Crippen molar-refractivity contribution >= 4 is 11.6 Å². The maximum Gasteiger partial charge on any atom is 0.196 e. The monoisotopic (exact) mass is 282 g/mol. The Labute approximate surface area is 116 Å². The molecule has 0 unspecified atom stereocenters. The first-order valence-corrected chi connectivity index (χ1v) is 6.58. The van der Waals surface area contributed by atoms with Gasteiger partial charge in [0.25, 0.3) is 0 Å². The molecule has 0 aliphatic carbocycles. The third-order valence-electron chi connectivity index (χ3n) is 2.66. The van der Waals surface area contributed by atoms with E-state index in [1.54, 1.807) is 18.3 Å². The van der Waals surface area contributed by atoms with Crippen molar-refractivity contribution in [3.8, 4) is 11.3 Å². The highest BCUT2D eigenvalue weighted by atomic mass is 35.5. The molecule has 0 saturated heterocycles. The number of halogens is 2. The van der Waals surface area contributed by atoms with Gasteiger partial charge in [-0.1, -0.05) is 31.5 Å². The Kier molecular flexibility index (Phi) is 4.56. The average molecular weight is 283 g/mol. The van der Waals surface area contributed by atoms with Crippen molar-refractivity contribution in [1.29, 1.82) is 0 Å². The fourth-order valence-electron chi connectivity index (χ4n) is 1.71. The van der Waals surface area contributed by atoms with Gasteiger partial charge in [-0.3, -0.25) is 0 Å². The molecule has 1 aromatic carbocycles. The molecule has 19 heavy (non-hydrogen) atoms. The summed E-state index contributed by atoms with van der Waals surface area (Å²) in [5.41, 5.74) is 0.525. The molecule has 2 aromatic rings. The zero-order valence-electron chi connectivity index (χ0n) is 10.9. The quantitative estimate of drug-likeness (QED) is 0.909. The van der Waals surface area contributed by atoms with Crippen LogP contribution in [0.5, 0.6) is 0 Å². The minimum Gasteiger partial charge on any atom is -0.441 e. The maximum absolute atomic E-state index is 13.4. The molecule has 102 valence electrons. The third kappa shape index (κ3) is 3.55. The van der Waals surface area contributed by atoms with Crippen LogP contribution < -0.4 is 5.32 Å². The van der Waals surface area contributed by atoms with E-state index in [1.807, 2.05) is 0 Å². The first-order valence-electron chi connectivity index (χ1n) is 6.20.